The molecule has 0 aliphatic carbocycles. The molecule has 8 heteroatoms. The molecule has 1 saturated heterocycles. The molecular weight excluding hydrogens is 531 g/mol. The van der Waals surface area contributed by atoms with Crippen LogP contribution in [0.4, 0.5) is 10.1 Å². The van der Waals surface area contributed by atoms with Crippen molar-refractivity contribution in [1.29, 1.82) is 0 Å². The Kier molecular flexibility index (Phi) is 9.65. The lowest BCUT2D eigenvalue weighted by Gasteiger charge is -2.36. The molecule has 0 spiro atoms. The van der Waals surface area contributed by atoms with Crippen molar-refractivity contribution in [3.8, 4) is 11.5 Å². The third-order valence-corrected chi connectivity index (χ3v) is 8.66. The van der Waals surface area contributed by atoms with Crippen LogP contribution in [0.1, 0.15) is 52.9 Å². The summed E-state index contributed by atoms with van der Waals surface area (Å²) in [6.45, 7) is 9.35. The number of piperazine rings is 1. The van der Waals surface area contributed by atoms with Gasteiger partial charge >= 0.3 is 0 Å². The molecule has 0 radical (unpaired) electrons. The fraction of sp³-hybridized carbons (Fsp3) is 0.441. The Bertz CT molecular complexity index is 1370. The molecule has 2 aliphatic rings. The first-order valence-corrected chi connectivity index (χ1v) is 15.0. The largest absolute Gasteiger partial charge is 0.493 e. The second kappa shape index (κ2) is 13.6. The zero-order valence-electron chi connectivity index (χ0n) is 25.3. The Morgan fingerprint density at radius 3 is 2.43 bits per heavy atom. The number of ether oxygens (including phenoxy) is 2. The Morgan fingerprint density at radius 2 is 1.71 bits per heavy atom. The number of benzene rings is 3. The number of carbonyl (C=O) groups excluding carboxylic acids is 1. The van der Waals surface area contributed by atoms with Gasteiger partial charge < -0.3 is 29.1 Å². The predicted molar refractivity (Wildman–Crippen MR) is 165 cm³/mol. The van der Waals surface area contributed by atoms with Gasteiger partial charge in [0.15, 0.2) is 11.5 Å². The van der Waals surface area contributed by atoms with E-state index in [0.717, 1.165) is 74.4 Å². The van der Waals surface area contributed by atoms with E-state index in [4.69, 9.17) is 9.47 Å². The highest BCUT2D eigenvalue weighted by molar-refractivity contribution is 6.00. The van der Waals surface area contributed by atoms with E-state index < -0.39 is 0 Å². The minimum atomic E-state index is -0.215. The van der Waals surface area contributed by atoms with Gasteiger partial charge in [0, 0.05) is 56.1 Å². The molecule has 3 aromatic rings. The van der Waals surface area contributed by atoms with Gasteiger partial charge in [0.1, 0.15) is 5.82 Å². The van der Waals surface area contributed by atoms with Crippen molar-refractivity contribution in [3.05, 3.63) is 88.7 Å². The van der Waals surface area contributed by atoms with Gasteiger partial charge in [-0.2, -0.15) is 0 Å². The second-order valence-electron chi connectivity index (χ2n) is 11.3. The quantitative estimate of drug-likeness (QED) is 0.281. The highest BCUT2D eigenvalue weighted by Crippen LogP contribution is 2.40. The van der Waals surface area contributed by atoms with Gasteiger partial charge in [0.05, 0.1) is 20.3 Å². The summed E-state index contributed by atoms with van der Waals surface area (Å²) in [7, 11) is 5.32. The summed E-state index contributed by atoms with van der Waals surface area (Å²) in [5.74, 6) is 1.18. The summed E-state index contributed by atoms with van der Waals surface area (Å²) in [5.41, 5.74) is 5.09. The number of anilines is 1. The van der Waals surface area contributed by atoms with Gasteiger partial charge in [-0.25, -0.2) is 4.39 Å². The summed E-state index contributed by atoms with van der Waals surface area (Å²) in [6, 6.07) is 18.8. The van der Waals surface area contributed by atoms with E-state index in [0.29, 0.717) is 24.6 Å². The topological polar surface area (TPSA) is 48.5 Å². The van der Waals surface area contributed by atoms with E-state index >= 15 is 0 Å². The lowest BCUT2D eigenvalue weighted by Crippen LogP contribution is -2.46. The highest BCUT2D eigenvalue weighted by Gasteiger charge is 2.36. The predicted octanol–water partition coefficient (Wildman–Crippen LogP) is 5.59. The number of halogens is 1. The number of amides is 1. The summed E-state index contributed by atoms with van der Waals surface area (Å²) in [4.78, 5) is 23.1. The molecule has 2 heterocycles. The first-order chi connectivity index (χ1) is 20.4. The third-order valence-electron chi connectivity index (χ3n) is 8.66. The van der Waals surface area contributed by atoms with Crippen LogP contribution in [-0.4, -0.2) is 81.1 Å². The number of methoxy groups -OCH3 is 2. The van der Waals surface area contributed by atoms with Crippen LogP contribution in [-0.2, 0) is 13.1 Å². The standard InChI is InChI=1S/C34H43FN4O3/c1-5-37-17-19-38(20-18-37)31-12-7-11-28-29(31)24-39(34(28)40)30(26-14-15-32(41-3)33(22-26)42-4)13-8-16-36(2)23-25-9-6-10-27(35)21-25/h6-7,9-12,14-15,21-22,30H,5,8,13,16-20,23-24H2,1-4H3. The highest BCUT2D eigenvalue weighted by atomic mass is 19.1. The molecule has 1 atom stereocenters. The van der Waals surface area contributed by atoms with Crippen LogP contribution in [0.15, 0.2) is 60.7 Å². The number of nitrogens with zero attached hydrogens (tertiary/aromatic N) is 4. The fourth-order valence-corrected chi connectivity index (χ4v) is 6.33. The van der Waals surface area contributed by atoms with Crippen LogP contribution >= 0.6 is 0 Å². The van der Waals surface area contributed by atoms with Crippen molar-refractivity contribution in [3.63, 3.8) is 0 Å². The zero-order chi connectivity index (χ0) is 29.6. The first-order valence-electron chi connectivity index (χ1n) is 15.0. The Balaban J connectivity index is 1.36. The molecule has 7 nitrogen and oxygen atoms in total. The van der Waals surface area contributed by atoms with Gasteiger partial charge in [-0.05, 0) is 80.5 Å². The molecular formula is C34H43FN4O3. The van der Waals surface area contributed by atoms with Gasteiger partial charge in [-0.3, -0.25) is 4.79 Å². The van der Waals surface area contributed by atoms with Crippen LogP contribution in [0.3, 0.4) is 0 Å². The van der Waals surface area contributed by atoms with Crippen LogP contribution in [0.2, 0.25) is 0 Å². The molecule has 0 bridgehead atoms. The number of rotatable bonds is 12. The smallest absolute Gasteiger partial charge is 0.255 e. The molecule has 1 fully saturated rings. The van der Waals surface area contributed by atoms with Gasteiger partial charge in [-0.15, -0.1) is 0 Å². The Morgan fingerprint density at radius 1 is 0.952 bits per heavy atom. The molecule has 2 aliphatic heterocycles. The van der Waals surface area contributed by atoms with Gasteiger partial charge in [0.2, 0.25) is 0 Å². The zero-order valence-corrected chi connectivity index (χ0v) is 25.3. The van der Waals surface area contributed by atoms with Crippen molar-refractivity contribution in [2.24, 2.45) is 0 Å². The van der Waals surface area contributed by atoms with Crippen LogP contribution in [0.25, 0.3) is 0 Å². The lowest BCUT2D eigenvalue weighted by molar-refractivity contribution is 0.0686. The van der Waals surface area contributed by atoms with Crippen LogP contribution in [0.5, 0.6) is 11.5 Å². The van der Waals surface area contributed by atoms with E-state index in [1.54, 1.807) is 26.4 Å². The average molecular weight is 575 g/mol. The molecule has 0 saturated carbocycles. The molecule has 224 valence electrons. The molecule has 1 unspecified atom stereocenters. The van der Waals surface area contributed by atoms with Crippen LogP contribution in [0, 0.1) is 5.82 Å². The third kappa shape index (κ3) is 6.55. The second-order valence-corrected chi connectivity index (χ2v) is 11.3. The number of hydrogen-bond acceptors (Lipinski definition) is 6. The SMILES string of the molecule is CCN1CCN(c2cccc3c2CN(C(CCCN(C)Cc2cccc(F)c2)c2ccc(OC)c(OC)c2)C3=O)CC1. The fourth-order valence-electron chi connectivity index (χ4n) is 6.33. The summed E-state index contributed by atoms with van der Waals surface area (Å²) in [6.07, 6.45) is 1.66. The molecule has 0 N–H and O–H groups in total. The monoisotopic (exact) mass is 574 g/mol. The van der Waals surface area contributed by atoms with Gasteiger partial charge in [-0.1, -0.05) is 31.2 Å². The van der Waals surface area contributed by atoms with Crippen molar-refractivity contribution >= 4 is 11.6 Å². The summed E-state index contributed by atoms with van der Waals surface area (Å²) >= 11 is 0. The minimum Gasteiger partial charge on any atom is -0.493 e. The maximum absolute atomic E-state index is 14.0. The Hall–Kier alpha value is -3.62. The molecule has 3 aromatic carbocycles. The van der Waals surface area contributed by atoms with E-state index in [1.165, 1.54) is 11.8 Å². The lowest BCUT2D eigenvalue weighted by atomic mass is 9.99. The number of likely N-dealkylation sites (N-methyl/N-ethyl adjacent to an activating group) is 1. The maximum Gasteiger partial charge on any atom is 0.255 e. The summed E-state index contributed by atoms with van der Waals surface area (Å²) in [5, 5.41) is 0. The van der Waals surface area contributed by atoms with Crippen molar-refractivity contribution in [1.82, 2.24) is 14.7 Å². The number of fused-ring (bicyclic) bond motifs is 1. The molecule has 42 heavy (non-hydrogen) atoms. The van der Waals surface area contributed by atoms with Gasteiger partial charge in [0.25, 0.3) is 5.91 Å². The normalized spacial score (nSPS) is 16.2. The van der Waals surface area contributed by atoms with Crippen molar-refractivity contribution < 1.29 is 18.7 Å². The molecule has 0 aromatic heterocycles. The summed E-state index contributed by atoms with van der Waals surface area (Å²) < 4.78 is 24.8. The Labute approximate surface area is 249 Å². The maximum atomic E-state index is 14.0. The molecule has 5 rings (SSSR count). The van der Waals surface area contributed by atoms with E-state index in [-0.39, 0.29) is 17.8 Å². The first kappa shape index (κ1) is 29.9. The number of hydrogen-bond donors (Lipinski definition) is 0. The van der Waals surface area contributed by atoms with E-state index in [1.807, 2.05) is 41.3 Å². The van der Waals surface area contributed by atoms with E-state index in [9.17, 15) is 9.18 Å². The average Bonchev–Trinajstić information content (AvgIpc) is 3.35. The van der Waals surface area contributed by atoms with Crippen molar-refractivity contribution in [2.45, 2.75) is 38.9 Å². The molecule has 1 amide bonds. The van der Waals surface area contributed by atoms with Crippen LogP contribution < -0.4 is 14.4 Å². The number of carbonyl (C=O) groups is 1. The minimum absolute atomic E-state index is 0.0759. The van der Waals surface area contributed by atoms with Crippen molar-refractivity contribution in [2.75, 3.05) is 65.4 Å². The van der Waals surface area contributed by atoms with E-state index in [2.05, 4.69) is 34.7 Å².